The number of nitrogens with one attached hydrogen (secondary N) is 1. The summed E-state index contributed by atoms with van der Waals surface area (Å²) in [5.41, 5.74) is 5.31. The second-order valence-corrected chi connectivity index (χ2v) is 5.36. The first-order chi connectivity index (χ1) is 8.53. The van der Waals surface area contributed by atoms with Crippen molar-refractivity contribution in [3.63, 3.8) is 0 Å². The van der Waals surface area contributed by atoms with Gasteiger partial charge in [-0.05, 0) is 13.0 Å². The van der Waals surface area contributed by atoms with Crippen LogP contribution in [0.2, 0.25) is 0 Å². The Morgan fingerprint density at radius 3 is 2.11 bits per heavy atom. The van der Waals surface area contributed by atoms with Crippen molar-refractivity contribution in [3.8, 4) is 11.5 Å². The van der Waals surface area contributed by atoms with Gasteiger partial charge >= 0.3 is 0 Å². The lowest BCUT2D eigenvalue weighted by molar-refractivity contribution is 0.392. The lowest BCUT2D eigenvalue weighted by Gasteiger charge is -2.10. The summed E-state index contributed by atoms with van der Waals surface area (Å²) in [7, 11) is -0.633. The van der Waals surface area contributed by atoms with Crippen LogP contribution in [0.4, 0.5) is 0 Å². The number of halogens is 1. The smallest absolute Gasteiger partial charge is 0.240 e. The maximum Gasteiger partial charge on any atom is 0.240 e. The van der Waals surface area contributed by atoms with E-state index in [0.717, 1.165) is 0 Å². The summed E-state index contributed by atoms with van der Waals surface area (Å²) in [6.07, 6.45) is 0.584. The van der Waals surface area contributed by atoms with E-state index in [9.17, 15) is 8.42 Å². The molecule has 0 fully saturated rings. The van der Waals surface area contributed by atoms with E-state index in [-0.39, 0.29) is 17.3 Å². The van der Waals surface area contributed by atoms with Crippen LogP contribution < -0.4 is 19.9 Å². The van der Waals surface area contributed by atoms with Gasteiger partial charge < -0.3 is 15.2 Å². The van der Waals surface area contributed by atoms with Gasteiger partial charge in [-0.2, -0.15) is 0 Å². The average molecular weight is 311 g/mol. The zero-order chi connectivity index (χ0) is 13.6. The predicted octanol–water partition coefficient (Wildman–Crippen LogP) is 0.753. The van der Waals surface area contributed by atoms with Gasteiger partial charge in [0.1, 0.15) is 11.5 Å². The molecule has 0 spiro atoms. The number of hydrogen-bond acceptors (Lipinski definition) is 5. The molecular formula is C11H19ClN2O4S. The van der Waals surface area contributed by atoms with Gasteiger partial charge in [0.05, 0.1) is 19.1 Å². The second-order valence-electron chi connectivity index (χ2n) is 3.59. The monoisotopic (exact) mass is 310 g/mol. The molecule has 0 aromatic heterocycles. The van der Waals surface area contributed by atoms with Crippen LogP contribution in [0.25, 0.3) is 0 Å². The van der Waals surface area contributed by atoms with Crippen molar-refractivity contribution < 1.29 is 17.9 Å². The molecule has 0 radical (unpaired) electrons. The molecule has 1 rings (SSSR count). The Morgan fingerprint density at radius 1 is 1.16 bits per heavy atom. The van der Waals surface area contributed by atoms with Gasteiger partial charge in [-0.15, -0.1) is 12.4 Å². The van der Waals surface area contributed by atoms with Crippen molar-refractivity contribution in [2.75, 3.05) is 27.3 Å². The molecule has 8 heteroatoms. The molecule has 0 unspecified atom stereocenters. The van der Waals surface area contributed by atoms with Gasteiger partial charge in [-0.1, -0.05) is 0 Å². The molecule has 0 saturated heterocycles. The van der Waals surface area contributed by atoms with E-state index in [1.807, 2.05) is 0 Å². The normalized spacial score (nSPS) is 10.7. The highest BCUT2D eigenvalue weighted by Gasteiger charge is 2.15. The van der Waals surface area contributed by atoms with Crippen LogP contribution in [0.15, 0.2) is 23.1 Å². The minimum absolute atomic E-state index is 0. The minimum atomic E-state index is -3.56. The molecule has 0 aliphatic carbocycles. The molecular weight excluding hydrogens is 292 g/mol. The molecule has 110 valence electrons. The van der Waals surface area contributed by atoms with Gasteiger partial charge in [-0.3, -0.25) is 0 Å². The molecule has 0 aliphatic heterocycles. The van der Waals surface area contributed by atoms with E-state index in [2.05, 4.69) is 4.72 Å². The Hall–Kier alpha value is -1.02. The highest BCUT2D eigenvalue weighted by molar-refractivity contribution is 7.89. The van der Waals surface area contributed by atoms with Crippen LogP contribution in [0.1, 0.15) is 6.42 Å². The molecule has 1 aromatic carbocycles. The quantitative estimate of drug-likeness (QED) is 0.725. The van der Waals surface area contributed by atoms with Crippen LogP contribution in [0.5, 0.6) is 11.5 Å². The van der Waals surface area contributed by atoms with Crippen molar-refractivity contribution in [2.45, 2.75) is 11.3 Å². The molecule has 0 saturated carbocycles. The lowest BCUT2D eigenvalue weighted by atomic mass is 10.3. The van der Waals surface area contributed by atoms with E-state index < -0.39 is 10.0 Å². The van der Waals surface area contributed by atoms with Crippen LogP contribution in [-0.2, 0) is 10.0 Å². The fraction of sp³-hybridized carbons (Fsp3) is 0.455. The summed E-state index contributed by atoms with van der Waals surface area (Å²) in [5, 5.41) is 0. The molecule has 0 atom stereocenters. The molecule has 1 aromatic rings. The summed E-state index contributed by atoms with van der Waals surface area (Å²) in [6, 6.07) is 4.49. The Bertz CT molecular complexity index is 471. The van der Waals surface area contributed by atoms with E-state index in [4.69, 9.17) is 15.2 Å². The van der Waals surface area contributed by atoms with Gasteiger partial charge in [0, 0.05) is 24.7 Å². The van der Waals surface area contributed by atoms with E-state index in [1.54, 1.807) is 6.07 Å². The molecule has 0 amide bonds. The zero-order valence-corrected chi connectivity index (χ0v) is 12.5. The number of rotatable bonds is 7. The number of hydrogen-bond donors (Lipinski definition) is 2. The highest BCUT2D eigenvalue weighted by Crippen LogP contribution is 2.25. The number of ether oxygens (including phenoxy) is 2. The SMILES string of the molecule is COc1cc(OC)cc(S(=O)(=O)NCCCN)c1.Cl. The topological polar surface area (TPSA) is 90.6 Å². The average Bonchev–Trinajstić information content (AvgIpc) is 2.38. The summed E-state index contributed by atoms with van der Waals surface area (Å²) in [5.74, 6) is 0.849. The van der Waals surface area contributed by atoms with Crippen LogP contribution in [0, 0.1) is 0 Å². The first-order valence-corrected chi connectivity index (χ1v) is 6.94. The molecule has 6 nitrogen and oxygen atoms in total. The van der Waals surface area contributed by atoms with Crippen molar-refractivity contribution >= 4 is 22.4 Å². The van der Waals surface area contributed by atoms with Gasteiger partial charge in [0.2, 0.25) is 10.0 Å². The fourth-order valence-corrected chi connectivity index (χ4v) is 2.45. The van der Waals surface area contributed by atoms with Crippen LogP contribution in [-0.4, -0.2) is 35.7 Å². The molecule has 0 heterocycles. The molecule has 0 aliphatic rings. The van der Waals surface area contributed by atoms with E-state index >= 15 is 0 Å². The zero-order valence-electron chi connectivity index (χ0n) is 10.9. The van der Waals surface area contributed by atoms with Crippen molar-refractivity contribution in [2.24, 2.45) is 5.73 Å². The Labute approximate surface area is 119 Å². The minimum Gasteiger partial charge on any atom is -0.497 e. The lowest BCUT2D eigenvalue weighted by Crippen LogP contribution is -2.26. The largest absolute Gasteiger partial charge is 0.497 e. The van der Waals surface area contributed by atoms with Crippen LogP contribution in [0.3, 0.4) is 0 Å². The summed E-state index contributed by atoms with van der Waals surface area (Å²) >= 11 is 0. The number of methoxy groups -OCH3 is 2. The third-order valence-corrected chi connectivity index (χ3v) is 3.75. The molecule has 19 heavy (non-hydrogen) atoms. The maximum absolute atomic E-state index is 12.0. The first-order valence-electron chi connectivity index (χ1n) is 5.46. The highest BCUT2D eigenvalue weighted by atomic mass is 35.5. The number of benzene rings is 1. The van der Waals surface area contributed by atoms with Crippen molar-refractivity contribution in [1.82, 2.24) is 4.72 Å². The standard InChI is InChI=1S/C11H18N2O4S.ClH/c1-16-9-6-10(17-2)8-11(7-9)18(14,15)13-5-3-4-12;/h6-8,13H,3-5,12H2,1-2H3;1H. The maximum atomic E-state index is 12.0. The Kier molecular flexibility index (Phi) is 7.77. The van der Waals surface area contributed by atoms with E-state index in [1.165, 1.54) is 26.4 Å². The molecule has 0 bridgehead atoms. The summed E-state index contributed by atoms with van der Waals surface area (Å²) in [6.45, 7) is 0.738. The Balaban J connectivity index is 0.00000324. The summed E-state index contributed by atoms with van der Waals surface area (Å²) < 4.78 is 36.5. The van der Waals surface area contributed by atoms with Gasteiger partial charge in [0.25, 0.3) is 0 Å². The third-order valence-electron chi connectivity index (χ3n) is 2.31. The first kappa shape index (κ1) is 18.0. The predicted molar refractivity (Wildman–Crippen MR) is 75.7 cm³/mol. The fourth-order valence-electron chi connectivity index (χ4n) is 1.33. The van der Waals surface area contributed by atoms with Crippen molar-refractivity contribution in [1.29, 1.82) is 0 Å². The third kappa shape index (κ3) is 5.23. The Morgan fingerprint density at radius 2 is 1.68 bits per heavy atom. The number of nitrogens with two attached hydrogens (primary N) is 1. The van der Waals surface area contributed by atoms with E-state index in [0.29, 0.717) is 31.0 Å². The second kappa shape index (κ2) is 8.21. The number of sulfonamides is 1. The van der Waals surface area contributed by atoms with Gasteiger partial charge in [-0.25, -0.2) is 13.1 Å². The van der Waals surface area contributed by atoms with Crippen LogP contribution >= 0.6 is 12.4 Å². The molecule has 3 N–H and O–H groups in total. The summed E-state index contributed by atoms with van der Waals surface area (Å²) in [4.78, 5) is 0.107. The van der Waals surface area contributed by atoms with Crippen molar-refractivity contribution in [3.05, 3.63) is 18.2 Å². The van der Waals surface area contributed by atoms with Gasteiger partial charge in [0.15, 0.2) is 0 Å².